The maximum atomic E-state index is 12.7. The van der Waals surface area contributed by atoms with E-state index in [2.05, 4.69) is 42.7 Å². The number of rotatable bonds is 7. The zero-order valence-corrected chi connectivity index (χ0v) is 19.2. The van der Waals surface area contributed by atoms with Crippen molar-refractivity contribution in [3.8, 4) is 0 Å². The predicted molar refractivity (Wildman–Crippen MR) is 128 cm³/mol. The molecule has 1 aliphatic carbocycles. The normalized spacial score (nSPS) is 17.1. The highest BCUT2D eigenvalue weighted by Crippen LogP contribution is 2.35. The van der Waals surface area contributed by atoms with Gasteiger partial charge in [0.15, 0.2) is 0 Å². The zero-order chi connectivity index (χ0) is 23.0. The molecule has 0 bridgehead atoms. The fourth-order valence-corrected chi connectivity index (χ4v) is 5.23. The summed E-state index contributed by atoms with van der Waals surface area (Å²) in [6.45, 7) is 1.08. The fraction of sp³-hybridized carbons (Fsp3) is 0.391. The molecule has 33 heavy (non-hydrogen) atoms. The SMILES string of the molecule is CS(=O)(=O)CCCNC(=O)C1CCc2[nH]c3ncnc(Nc4ccc5c(c4)C=NC5)c3c2C1. The Morgan fingerprint density at radius 1 is 1.27 bits per heavy atom. The molecule has 0 spiro atoms. The van der Waals surface area contributed by atoms with Gasteiger partial charge in [0.25, 0.3) is 0 Å². The summed E-state index contributed by atoms with van der Waals surface area (Å²) in [5.41, 5.74) is 6.16. The number of aromatic amines is 1. The maximum Gasteiger partial charge on any atom is 0.223 e. The summed E-state index contributed by atoms with van der Waals surface area (Å²) in [6, 6.07) is 6.15. The number of benzene rings is 1. The van der Waals surface area contributed by atoms with Gasteiger partial charge in [-0.1, -0.05) is 6.07 Å². The molecule has 1 aliphatic heterocycles. The van der Waals surface area contributed by atoms with Crippen LogP contribution in [0.4, 0.5) is 11.5 Å². The number of hydrogen-bond acceptors (Lipinski definition) is 7. The monoisotopic (exact) mass is 466 g/mol. The molecule has 0 radical (unpaired) electrons. The van der Waals surface area contributed by atoms with Crippen LogP contribution < -0.4 is 10.6 Å². The summed E-state index contributed by atoms with van der Waals surface area (Å²) in [5, 5.41) is 7.24. The first-order chi connectivity index (χ1) is 15.9. The topological polar surface area (TPSA) is 129 Å². The summed E-state index contributed by atoms with van der Waals surface area (Å²) in [5.74, 6) is 0.583. The van der Waals surface area contributed by atoms with E-state index in [0.29, 0.717) is 25.2 Å². The number of aliphatic imine (C=N–C) groups is 1. The highest BCUT2D eigenvalue weighted by Gasteiger charge is 2.29. The third kappa shape index (κ3) is 4.61. The van der Waals surface area contributed by atoms with E-state index in [1.54, 1.807) is 0 Å². The molecule has 1 unspecified atom stereocenters. The fourth-order valence-electron chi connectivity index (χ4n) is 4.57. The average molecular weight is 467 g/mol. The minimum Gasteiger partial charge on any atom is -0.356 e. The Kier molecular flexibility index (Phi) is 5.61. The van der Waals surface area contributed by atoms with Crippen molar-refractivity contribution >= 4 is 44.5 Å². The Bertz CT molecular complexity index is 1360. The quantitative estimate of drug-likeness (QED) is 0.458. The van der Waals surface area contributed by atoms with Crippen LogP contribution in [0, 0.1) is 5.92 Å². The lowest BCUT2D eigenvalue weighted by Crippen LogP contribution is -2.35. The van der Waals surface area contributed by atoms with Crippen LogP contribution in [0.15, 0.2) is 29.5 Å². The standard InChI is InChI=1S/C23H26N6O3S/c1-33(31,32)8-2-7-25-23(30)14-4-6-19-18(10-14)20-21(26-13-27-22(20)29-19)28-17-5-3-15-11-24-12-16(15)9-17/h3,5,9,12-14H,2,4,6-8,10-11H2,1H3,(H,25,30)(H2,26,27,28,29). The highest BCUT2D eigenvalue weighted by molar-refractivity contribution is 7.90. The summed E-state index contributed by atoms with van der Waals surface area (Å²) in [4.78, 5) is 29.4. The molecule has 2 aliphatic rings. The molecular formula is C23H26N6O3S. The number of nitrogens with one attached hydrogen (secondary N) is 3. The van der Waals surface area contributed by atoms with E-state index in [0.717, 1.165) is 52.9 Å². The first-order valence-corrected chi connectivity index (χ1v) is 13.1. The van der Waals surface area contributed by atoms with Gasteiger partial charge in [-0.3, -0.25) is 9.79 Å². The molecule has 1 aromatic carbocycles. The van der Waals surface area contributed by atoms with Gasteiger partial charge in [-0.15, -0.1) is 0 Å². The van der Waals surface area contributed by atoms with Crippen molar-refractivity contribution in [2.75, 3.05) is 23.9 Å². The molecule has 3 heterocycles. The minimum absolute atomic E-state index is 0.0345. The number of fused-ring (bicyclic) bond motifs is 4. The molecule has 0 saturated heterocycles. The van der Waals surface area contributed by atoms with Crippen molar-refractivity contribution in [1.29, 1.82) is 0 Å². The second-order valence-electron chi connectivity index (χ2n) is 8.75. The van der Waals surface area contributed by atoms with Crippen LogP contribution in [-0.4, -0.2) is 54.0 Å². The number of hydrogen-bond donors (Lipinski definition) is 3. The van der Waals surface area contributed by atoms with Gasteiger partial charge in [0, 0.05) is 36.3 Å². The molecule has 9 nitrogen and oxygen atoms in total. The van der Waals surface area contributed by atoms with Crippen molar-refractivity contribution in [1.82, 2.24) is 20.3 Å². The summed E-state index contributed by atoms with van der Waals surface area (Å²) < 4.78 is 22.6. The molecule has 3 aromatic rings. The summed E-state index contributed by atoms with van der Waals surface area (Å²) in [7, 11) is -3.02. The van der Waals surface area contributed by atoms with E-state index in [4.69, 9.17) is 0 Å². The number of carbonyl (C=O) groups is 1. The Balaban J connectivity index is 1.35. The number of anilines is 2. The molecule has 5 rings (SSSR count). The van der Waals surface area contributed by atoms with Gasteiger partial charge in [-0.25, -0.2) is 18.4 Å². The Labute approximate surface area is 192 Å². The van der Waals surface area contributed by atoms with Crippen LogP contribution in [0.1, 0.15) is 35.2 Å². The highest BCUT2D eigenvalue weighted by atomic mass is 32.2. The molecule has 1 atom stereocenters. The van der Waals surface area contributed by atoms with Crippen LogP contribution in [0.3, 0.4) is 0 Å². The van der Waals surface area contributed by atoms with Crippen LogP contribution in [-0.2, 0) is 34.0 Å². The van der Waals surface area contributed by atoms with E-state index in [1.807, 2.05) is 12.3 Å². The van der Waals surface area contributed by atoms with Crippen LogP contribution in [0.5, 0.6) is 0 Å². The van der Waals surface area contributed by atoms with Gasteiger partial charge in [-0.2, -0.15) is 0 Å². The lowest BCUT2D eigenvalue weighted by Gasteiger charge is -2.22. The van der Waals surface area contributed by atoms with Crippen LogP contribution in [0.2, 0.25) is 0 Å². The molecule has 0 fully saturated rings. The first kappa shape index (κ1) is 21.6. The molecule has 2 aromatic heterocycles. The Morgan fingerprint density at radius 3 is 3.00 bits per heavy atom. The van der Waals surface area contributed by atoms with Crippen LogP contribution >= 0.6 is 0 Å². The van der Waals surface area contributed by atoms with Gasteiger partial charge in [-0.05, 0) is 54.5 Å². The average Bonchev–Trinajstić information content (AvgIpc) is 3.39. The van der Waals surface area contributed by atoms with E-state index >= 15 is 0 Å². The van der Waals surface area contributed by atoms with Crippen LogP contribution in [0.25, 0.3) is 11.0 Å². The summed E-state index contributed by atoms with van der Waals surface area (Å²) >= 11 is 0. The largest absolute Gasteiger partial charge is 0.356 e. The first-order valence-electron chi connectivity index (χ1n) is 11.1. The number of nitrogens with zero attached hydrogens (tertiary/aromatic N) is 3. The van der Waals surface area contributed by atoms with Crippen molar-refractivity contribution in [3.63, 3.8) is 0 Å². The lowest BCUT2D eigenvalue weighted by atomic mass is 9.86. The Hall–Kier alpha value is -3.27. The van der Waals surface area contributed by atoms with Crippen molar-refractivity contribution in [2.45, 2.75) is 32.2 Å². The van der Waals surface area contributed by atoms with Crippen molar-refractivity contribution in [3.05, 3.63) is 46.9 Å². The summed E-state index contributed by atoms with van der Waals surface area (Å²) in [6.07, 6.45) is 7.12. The molecular weight excluding hydrogens is 440 g/mol. The number of carbonyl (C=O) groups excluding carboxylic acids is 1. The van der Waals surface area contributed by atoms with Gasteiger partial charge in [0.05, 0.1) is 17.7 Å². The van der Waals surface area contributed by atoms with Gasteiger partial charge in [0.1, 0.15) is 27.6 Å². The van der Waals surface area contributed by atoms with E-state index in [9.17, 15) is 13.2 Å². The van der Waals surface area contributed by atoms with E-state index < -0.39 is 9.84 Å². The predicted octanol–water partition coefficient (Wildman–Crippen LogP) is 2.29. The number of aromatic nitrogens is 3. The molecule has 10 heteroatoms. The number of aryl methyl sites for hydroxylation is 1. The van der Waals surface area contributed by atoms with Gasteiger partial charge < -0.3 is 15.6 Å². The second-order valence-corrected chi connectivity index (χ2v) is 11.0. The lowest BCUT2D eigenvalue weighted by molar-refractivity contribution is -0.125. The molecule has 0 saturated carbocycles. The van der Waals surface area contributed by atoms with Crippen molar-refractivity contribution in [2.24, 2.45) is 10.9 Å². The van der Waals surface area contributed by atoms with E-state index in [1.165, 1.54) is 18.1 Å². The molecule has 1 amide bonds. The minimum atomic E-state index is -3.02. The number of sulfone groups is 1. The van der Waals surface area contributed by atoms with E-state index in [-0.39, 0.29) is 17.6 Å². The molecule has 3 N–H and O–H groups in total. The zero-order valence-electron chi connectivity index (χ0n) is 18.4. The van der Waals surface area contributed by atoms with Crippen molar-refractivity contribution < 1.29 is 13.2 Å². The Morgan fingerprint density at radius 2 is 2.15 bits per heavy atom. The maximum absolute atomic E-state index is 12.7. The number of amides is 1. The number of H-pyrrole nitrogens is 1. The molecule has 172 valence electrons. The third-order valence-corrected chi connectivity index (χ3v) is 7.27. The van der Waals surface area contributed by atoms with Gasteiger partial charge in [0.2, 0.25) is 5.91 Å². The third-order valence-electron chi connectivity index (χ3n) is 6.24. The smallest absolute Gasteiger partial charge is 0.223 e. The second kappa shape index (κ2) is 8.58. The van der Waals surface area contributed by atoms with Gasteiger partial charge >= 0.3 is 0 Å².